The molecule has 2 saturated heterocycles. The molecular weight excluding hydrogens is 270 g/mol. The Labute approximate surface area is 123 Å². The summed E-state index contributed by atoms with van der Waals surface area (Å²) in [6.45, 7) is 7.61. The van der Waals surface area contributed by atoms with Gasteiger partial charge in [0.25, 0.3) is 5.91 Å². The van der Waals surface area contributed by atoms with Crippen LogP contribution >= 0.6 is 0 Å². The van der Waals surface area contributed by atoms with Gasteiger partial charge in [0, 0.05) is 25.0 Å². The van der Waals surface area contributed by atoms with E-state index in [-0.39, 0.29) is 5.91 Å². The molecule has 2 fully saturated rings. The van der Waals surface area contributed by atoms with Gasteiger partial charge in [0.05, 0.1) is 0 Å². The van der Waals surface area contributed by atoms with Crippen LogP contribution in [0.4, 0.5) is 11.6 Å². The van der Waals surface area contributed by atoms with Gasteiger partial charge in [0.15, 0.2) is 17.2 Å². The maximum Gasteiger partial charge on any atom is 0.269 e. The van der Waals surface area contributed by atoms with Crippen LogP contribution in [0.3, 0.4) is 0 Å². The third-order valence-corrected chi connectivity index (χ3v) is 4.61. The van der Waals surface area contributed by atoms with Gasteiger partial charge in [0.2, 0.25) is 5.75 Å². The molecule has 0 bridgehead atoms. The Balaban J connectivity index is 1.63. The second-order valence-corrected chi connectivity index (χ2v) is 6.72. The van der Waals surface area contributed by atoms with Crippen LogP contribution < -0.4 is 20.3 Å². The van der Waals surface area contributed by atoms with Crippen LogP contribution in [0.1, 0.15) is 20.3 Å². The minimum Gasteiger partial charge on any atom is -0.470 e. The Kier molecular flexibility index (Phi) is 2.48. The molecule has 1 aromatic rings. The second-order valence-electron chi connectivity index (χ2n) is 6.72. The Morgan fingerprint density at radius 3 is 2.86 bits per heavy atom. The van der Waals surface area contributed by atoms with Crippen LogP contribution in [-0.2, 0) is 4.79 Å². The fourth-order valence-electron chi connectivity index (χ4n) is 3.31. The van der Waals surface area contributed by atoms with E-state index in [1.807, 2.05) is 0 Å². The Morgan fingerprint density at radius 2 is 2.14 bits per heavy atom. The van der Waals surface area contributed by atoms with E-state index in [4.69, 9.17) is 4.74 Å². The number of hydrogen-bond acceptors (Lipinski definition) is 6. The van der Waals surface area contributed by atoms with E-state index in [1.54, 1.807) is 13.8 Å². The summed E-state index contributed by atoms with van der Waals surface area (Å²) in [5, 5.41) is 6.22. The molecule has 0 aromatic carbocycles. The number of carbonyl (C=O) groups is 1. The van der Waals surface area contributed by atoms with Crippen LogP contribution in [-0.4, -0.2) is 47.7 Å². The van der Waals surface area contributed by atoms with Crippen molar-refractivity contribution in [3.63, 3.8) is 0 Å². The number of fused-ring (bicyclic) bond motifs is 1. The average molecular weight is 289 g/mol. The molecule has 0 atom stereocenters. The lowest BCUT2D eigenvalue weighted by Gasteiger charge is -2.49. The van der Waals surface area contributed by atoms with Gasteiger partial charge >= 0.3 is 0 Å². The van der Waals surface area contributed by atoms with Gasteiger partial charge in [-0.05, 0) is 26.8 Å². The quantitative estimate of drug-likeness (QED) is 0.778. The fourth-order valence-corrected chi connectivity index (χ4v) is 3.31. The summed E-state index contributed by atoms with van der Waals surface area (Å²) in [7, 11) is 0. The van der Waals surface area contributed by atoms with Crippen LogP contribution in [0, 0.1) is 5.41 Å². The second kappa shape index (κ2) is 4.07. The molecule has 1 amide bonds. The topological polar surface area (TPSA) is 79.4 Å². The Hall–Kier alpha value is -1.89. The molecule has 112 valence electrons. The molecule has 2 N–H and O–H groups in total. The SMILES string of the molecule is CC1(C)Oc2c(ncnc2N2CC3(CCNC3)C2)NC1=O. The molecule has 1 aromatic heterocycles. The molecule has 3 aliphatic rings. The normalized spacial score (nSPS) is 25.0. The molecule has 0 aliphatic carbocycles. The van der Waals surface area contributed by atoms with Crippen molar-refractivity contribution in [3.05, 3.63) is 6.33 Å². The smallest absolute Gasteiger partial charge is 0.269 e. The highest BCUT2D eigenvalue weighted by molar-refractivity contribution is 6.00. The summed E-state index contributed by atoms with van der Waals surface area (Å²) in [5.41, 5.74) is -0.519. The highest BCUT2D eigenvalue weighted by atomic mass is 16.5. The van der Waals surface area contributed by atoms with Gasteiger partial charge in [0.1, 0.15) is 6.33 Å². The van der Waals surface area contributed by atoms with Gasteiger partial charge in [-0.1, -0.05) is 0 Å². The molecule has 0 saturated carbocycles. The van der Waals surface area contributed by atoms with Gasteiger partial charge in [-0.25, -0.2) is 9.97 Å². The van der Waals surface area contributed by atoms with Gasteiger partial charge in [-0.2, -0.15) is 0 Å². The van der Waals surface area contributed by atoms with E-state index in [1.165, 1.54) is 12.7 Å². The molecule has 3 aliphatic heterocycles. The van der Waals surface area contributed by atoms with Crippen molar-refractivity contribution in [1.29, 1.82) is 0 Å². The summed E-state index contributed by atoms with van der Waals surface area (Å²) in [6, 6.07) is 0. The minimum atomic E-state index is -0.899. The third kappa shape index (κ3) is 1.87. The van der Waals surface area contributed by atoms with Crippen molar-refractivity contribution in [2.75, 3.05) is 36.4 Å². The average Bonchev–Trinajstić information content (AvgIpc) is 2.87. The summed E-state index contributed by atoms with van der Waals surface area (Å²) in [5.74, 6) is 1.66. The summed E-state index contributed by atoms with van der Waals surface area (Å²) in [4.78, 5) is 22.6. The first-order valence-corrected chi connectivity index (χ1v) is 7.30. The number of carbonyl (C=O) groups excluding carboxylic acids is 1. The number of amides is 1. The molecule has 1 spiro atoms. The zero-order valence-electron chi connectivity index (χ0n) is 12.3. The maximum atomic E-state index is 11.9. The first-order valence-electron chi connectivity index (χ1n) is 7.30. The predicted octanol–water partition coefficient (Wildman–Crippen LogP) is 0.386. The zero-order valence-corrected chi connectivity index (χ0v) is 12.3. The van der Waals surface area contributed by atoms with E-state index >= 15 is 0 Å². The number of ether oxygens (including phenoxy) is 1. The van der Waals surface area contributed by atoms with E-state index in [9.17, 15) is 4.79 Å². The summed E-state index contributed by atoms with van der Waals surface area (Å²) >= 11 is 0. The first kappa shape index (κ1) is 12.8. The molecule has 0 radical (unpaired) electrons. The van der Waals surface area contributed by atoms with Crippen molar-refractivity contribution in [2.45, 2.75) is 25.9 Å². The molecule has 7 nitrogen and oxygen atoms in total. The molecule has 0 unspecified atom stereocenters. The van der Waals surface area contributed by atoms with Crippen molar-refractivity contribution < 1.29 is 9.53 Å². The third-order valence-electron chi connectivity index (χ3n) is 4.61. The van der Waals surface area contributed by atoms with E-state index < -0.39 is 5.60 Å². The Morgan fingerprint density at radius 1 is 1.33 bits per heavy atom. The fraction of sp³-hybridized carbons (Fsp3) is 0.643. The highest BCUT2D eigenvalue weighted by Crippen LogP contribution is 2.45. The highest BCUT2D eigenvalue weighted by Gasteiger charge is 2.47. The van der Waals surface area contributed by atoms with Crippen LogP contribution in [0.5, 0.6) is 5.75 Å². The summed E-state index contributed by atoms with van der Waals surface area (Å²) < 4.78 is 5.88. The molecule has 7 heteroatoms. The largest absolute Gasteiger partial charge is 0.470 e. The van der Waals surface area contributed by atoms with E-state index in [2.05, 4.69) is 25.5 Å². The lowest BCUT2D eigenvalue weighted by atomic mass is 9.79. The van der Waals surface area contributed by atoms with Crippen molar-refractivity contribution in [1.82, 2.24) is 15.3 Å². The van der Waals surface area contributed by atoms with Crippen molar-refractivity contribution in [2.24, 2.45) is 5.41 Å². The van der Waals surface area contributed by atoms with Gasteiger partial charge < -0.3 is 20.3 Å². The van der Waals surface area contributed by atoms with E-state index in [0.29, 0.717) is 17.0 Å². The number of nitrogens with zero attached hydrogens (tertiary/aromatic N) is 3. The molecule has 4 rings (SSSR count). The number of rotatable bonds is 1. The van der Waals surface area contributed by atoms with E-state index in [0.717, 1.165) is 32.0 Å². The van der Waals surface area contributed by atoms with Gasteiger partial charge in [-0.15, -0.1) is 0 Å². The van der Waals surface area contributed by atoms with Crippen LogP contribution in [0.2, 0.25) is 0 Å². The zero-order chi connectivity index (χ0) is 14.7. The molecule has 4 heterocycles. The van der Waals surface area contributed by atoms with Crippen molar-refractivity contribution >= 4 is 17.5 Å². The van der Waals surface area contributed by atoms with Crippen molar-refractivity contribution in [3.8, 4) is 5.75 Å². The lowest BCUT2D eigenvalue weighted by Crippen LogP contribution is -2.58. The number of hydrogen-bond donors (Lipinski definition) is 2. The standard InChI is InChI=1S/C14H19N5O2/c1-13(2)12(20)18-10-9(21-13)11(17-8-16-10)19-6-14(7-19)3-4-15-5-14/h8,15H,3-7H2,1-2H3,(H,16,17,18,20). The van der Waals surface area contributed by atoms with Gasteiger partial charge in [-0.3, -0.25) is 4.79 Å². The maximum absolute atomic E-state index is 11.9. The first-order chi connectivity index (χ1) is 9.99. The molecule has 21 heavy (non-hydrogen) atoms. The number of aromatic nitrogens is 2. The Bertz CT molecular complexity index is 601. The van der Waals surface area contributed by atoms with Crippen LogP contribution in [0.15, 0.2) is 6.33 Å². The van der Waals surface area contributed by atoms with Crippen LogP contribution in [0.25, 0.3) is 0 Å². The predicted molar refractivity (Wildman–Crippen MR) is 77.5 cm³/mol. The number of nitrogens with one attached hydrogen (secondary N) is 2. The summed E-state index contributed by atoms with van der Waals surface area (Å²) in [6.07, 6.45) is 2.69. The monoisotopic (exact) mass is 289 g/mol. The lowest BCUT2D eigenvalue weighted by molar-refractivity contribution is -0.129. The molecular formula is C14H19N5O2. The number of anilines is 2. The minimum absolute atomic E-state index is 0.181.